The van der Waals surface area contributed by atoms with Gasteiger partial charge in [-0.1, -0.05) is 6.92 Å². The van der Waals surface area contributed by atoms with Crippen LogP contribution in [0.5, 0.6) is 0 Å². The summed E-state index contributed by atoms with van der Waals surface area (Å²) in [6.07, 6.45) is 0.990. The zero-order valence-corrected chi connectivity index (χ0v) is 13.6. The first-order valence-corrected chi connectivity index (χ1v) is 8.23. The van der Waals surface area contributed by atoms with E-state index < -0.39 is 0 Å². The van der Waals surface area contributed by atoms with Crippen LogP contribution in [0.15, 0.2) is 12.1 Å². The molecule has 0 bridgehead atoms. The molecule has 1 N–H and O–H groups in total. The van der Waals surface area contributed by atoms with Crippen molar-refractivity contribution in [3.63, 3.8) is 0 Å². The molecule has 1 saturated heterocycles. The first-order chi connectivity index (χ1) is 10.2. The van der Waals surface area contributed by atoms with Crippen molar-refractivity contribution in [2.75, 3.05) is 39.9 Å². The highest BCUT2D eigenvalue weighted by molar-refractivity contribution is 7.13. The first kappa shape index (κ1) is 16.4. The van der Waals surface area contributed by atoms with Crippen LogP contribution in [0, 0.1) is 0 Å². The van der Waals surface area contributed by atoms with Crippen molar-refractivity contribution in [3.05, 3.63) is 21.9 Å². The van der Waals surface area contributed by atoms with Gasteiger partial charge in [-0.2, -0.15) is 0 Å². The van der Waals surface area contributed by atoms with Gasteiger partial charge in [0.2, 0.25) is 0 Å². The van der Waals surface area contributed by atoms with E-state index in [0.29, 0.717) is 10.9 Å². The molecular formula is C15H24N2O3S. The third kappa shape index (κ3) is 4.26. The zero-order valence-electron chi connectivity index (χ0n) is 12.7. The molecule has 0 aliphatic carbocycles. The Hall–Kier alpha value is -0.950. The van der Waals surface area contributed by atoms with Crippen molar-refractivity contribution in [1.29, 1.82) is 0 Å². The molecule has 0 spiro atoms. The van der Waals surface area contributed by atoms with Gasteiger partial charge in [-0.05, 0) is 18.6 Å². The Kier molecular flexibility index (Phi) is 6.17. The van der Waals surface area contributed by atoms with Crippen molar-refractivity contribution < 1.29 is 14.6 Å². The minimum Gasteiger partial charge on any atom is -0.465 e. The van der Waals surface area contributed by atoms with Gasteiger partial charge in [0.05, 0.1) is 13.7 Å². The molecule has 1 fully saturated rings. The Balaban J connectivity index is 1.83. The normalized spacial score (nSPS) is 18.6. The van der Waals surface area contributed by atoms with Crippen molar-refractivity contribution >= 4 is 17.3 Å². The lowest BCUT2D eigenvalue weighted by Crippen LogP contribution is -2.50. The van der Waals surface area contributed by atoms with Gasteiger partial charge in [0.25, 0.3) is 0 Å². The number of esters is 1. The Morgan fingerprint density at radius 1 is 1.38 bits per heavy atom. The van der Waals surface area contributed by atoms with Crippen LogP contribution in [-0.2, 0) is 11.3 Å². The van der Waals surface area contributed by atoms with Crippen LogP contribution in [-0.4, -0.2) is 66.8 Å². The lowest BCUT2D eigenvalue weighted by Gasteiger charge is -2.38. The second-order valence-electron chi connectivity index (χ2n) is 5.31. The number of carbonyl (C=O) groups excluding carboxylic acids is 1. The molecule has 1 aromatic rings. The summed E-state index contributed by atoms with van der Waals surface area (Å²) in [6, 6.07) is 4.13. The van der Waals surface area contributed by atoms with Gasteiger partial charge in [0.1, 0.15) is 4.88 Å². The van der Waals surface area contributed by atoms with E-state index >= 15 is 0 Å². The standard InChI is InChI=1S/C15H24N2O3S/c1-3-12(11-18)17-8-6-16(7-9-17)10-13-4-5-14(21-13)15(19)20-2/h4-5,12,18H,3,6-11H2,1-2H3. The van der Waals surface area contributed by atoms with Crippen LogP contribution in [0.3, 0.4) is 0 Å². The molecule has 1 atom stereocenters. The fourth-order valence-corrected chi connectivity index (χ4v) is 3.65. The van der Waals surface area contributed by atoms with Crippen molar-refractivity contribution in [3.8, 4) is 0 Å². The number of piperazine rings is 1. The summed E-state index contributed by atoms with van der Waals surface area (Å²) >= 11 is 1.51. The van der Waals surface area contributed by atoms with Crippen LogP contribution >= 0.6 is 11.3 Å². The highest BCUT2D eigenvalue weighted by atomic mass is 32.1. The lowest BCUT2D eigenvalue weighted by molar-refractivity contribution is 0.0606. The van der Waals surface area contributed by atoms with Crippen LogP contribution in [0.25, 0.3) is 0 Å². The van der Waals surface area contributed by atoms with E-state index in [4.69, 9.17) is 4.74 Å². The van der Waals surface area contributed by atoms with E-state index in [1.807, 2.05) is 12.1 Å². The van der Waals surface area contributed by atoms with Crippen molar-refractivity contribution in [2.45, 2.75) is 25.9 Å². The molecule has 0 aromatic carbocycles. The summed E-state index contributed by atoms with van der Waals surface area (Å²) in [5, 5.41) is 9.36. The maximum absolute atomic E-state index is 11.4. The largest absolute Gasteiger partial charge is 0.465 e. The Labute approximate surface area is 130 Å². The molecule has 21 heavy (non-hydrogen) atoms. The van der Waals surface area contributed by atoms with Gasteiger partial charge in [-0.3, -0.25) is 9.80 Å². The maximum atomic E-state index is 11.4. The number of aliphatic hydroxyl groups excluding tert-OH is 1. The predicted octanol–water partition coefficient (Wildman–Crippen LogP) is 1.42. The number of hydrogen-bond acceptors (Lipinski definition) is 6. The average Bonchev–Trinajstić information content (AvgIpc) is 2.98. The summed E-state index contributed by atoms with van der Waals surface area (Å²) < 4.78 is 4.73. The van der Waals surface area contributed by atoms with Crippen LogP contribution < -0.4 is 0 Å². The number of hydrogen-bond donors (Lipinski definition) is 1. The minimum atomic E-state index is -0.259. The molecule has 1 unspecified atom stereocenters. The zero-order chi connectivity index (χ0) is 15.2. The SMILES string of the molecule is CCC(CO)N1CCN(Cc2ccc(C(=O)OC)s2)CC1. The van der Waals surface area contributed by atoms with Gasteiger partial charge in [0.15, 0.2) is 0 Å². The maximum Gasteiger partial charge on any atom is 0.348 e. The van der Waals surface area contributed by atoms with Gasteiger partial charge < -0.3 is 9.84 Å². The van der Waals surface area contributed by atoms with Gasteiger partial charge in [-0.15, -0.1) is 11.3 Å². The second kappa shape index (κ2) is 7.89. The highest BCUT2D eigenvalue weighted by Gasteiger charge is 2.22. The third-order valence-electron chi connectivity index (χ3n) is 4.03. The molecule has 1 aliphatic rings. The first-order valence-electron chi connectivity index (χ1n) is 7.42. The van der Waals surface area contributed by atoms with E-state index in [-0.39, 0.29) is 12.6 Å². The summed E-state index contributed by atoms with van der Waals surface area (Å²) in [5.74, 6) is -0.259. The fraction of sp³-hybridized carbons (Fsp3) is 0.667. The molecular weight excluding hydrogens is 288 g/mol. The molecule has 1 aromatic heterocycles. The smallest absolute Gasteiger partial charge is 0.348 e. The molecule has 2 rings (SSSR count). The van der Waals surface area contributed by atoms with Crippen molar-refractivity contribution in [1.82, 2.24) is 9.80 Å². The summed E-state index contributed by atoms with van der Waals surface area (Å²) in [7, 11) is 1.41. The number of rotatable bonds is 6. The van der Waals surface area contributed by atoms with E-state index in [1.54, 1.807) is 0 Å². The summed E-state index contributed by atoms with van der Waals surface area (Å²) in [4.78, 5) is 18.1. The summed E-state index contributed by atoms with van der Waals surface area (Å²) in [5.41, 5.74) is 0. The van der Waals surface area contributed by atoms with Gasteiger partial charge in [0, 0.05) is 43.6 Å². The second-order valence-corrected chi connectivity index (χ2v) is 6.48. The minimum absolute atomic E-state index is 0.240. The monoisotopic (exact) mass is 312 g/mol. The van der Waals surface area contributed by atoms with Gasteiger partial charge in [-0.25, -0.2) is 4.79 Å². The lowest BCUT2D eigenvalue weighted by atomic mass is 10.1. The number of nitrogens with zero attached hydrogens (tertiary/aromatic N) is 2. The number of aliphatic hydroxyl groups is 1. The molecule has 0 amide bonds. The molecule has 1 aliphatic heterocycles. The number of methoxy groups -OCH3 is 1. The van der Waals surface area contributed by atoms with E-state index in [1.165, 1.54) is 23.3 Å². The Morgan fingerprint density at radius 3 is 2.67 bits per heavy atom. The van der Waals surface area contributed by atoms with Crippen LogP contribution in [0.2, 0.25) is 0 Å². The quantitative estimate of drug-likeness (QED) is 0.805. The molecule has 118 valence electrons. The Morgan fingerprint density at radius 2 is 2.10 bits per heavy atom. The summed E-state index contributed by atoms with van der Waals surface area (Å²) in [6.45, 7) is 7.23. The van der Waals surface area contributed by atoms with Crippen molar-refractivity contribution in [2.24, 2.45) is 0 Å². The van der Waals surface area contributed by atoms with E-state index in [9.17, 15) is 9.90 Å². The molecule has 0 saturated carbocycles. The van der Waals surface area contributed by atoms with E-state index in [0.717, 1.165) is 39.1 Å². The molecule has 6 heteroatoms. The average molecular weight is 312 g/mol. The van der Waals surface area contributed by atoms with E-state index in [2.05, 4.69) is 16.7 Å². The number of thiophene rings is 1. The number of carbonyl (C=O) groups is 1. The predicted molar refractivity (Wildman–Crippen MR) is 83.7 cm³/mol. The molecule has 5 nitrogen and oxygen atoms in total. The molecule has 2 heterocycles. The fourth-order valence-electron chi connectivity index (χ4n) is 2.68. The molecule has 0 radical (unpaired) electrons. The van der Waals surface area contributed by atoms with Gasteiger partial charge >= 0.3 is 5.97 Å². The third-order valence-corrected chi connectivity index (χ3v) is 5.08. The topological polar surface area (TPSA) is 53.0 Å². The Bertz CT molecular complexity index is 452. The van der Waals surface area contributed by atoms with Crippen LogP contribution in [0.1, 0.15) is 27.9 Å². The van der Waals surface area contributed by atoms with Crippen LogP contribution in [0.4, 0.5) is 0 Å². The highest BCUT2D eigenvalue weighted by Crippen LogP contribution is 2.20. The number of ether oxygens (including phenoxy) is 1.